The number of hydrogen-bond donors (Lipinski definition) is 1. The lowest BCUT2D eigenvalue weighted by Crippen LogP contribution is -2.20. The van der Waals surface area contributed by atoms with E-state index in [1.807, 2.05) is 41.8 Å². The molecule has 2 aromatic heterocycles. The van der Waals surface area contributed by atoms with Crippen molar-refractivity contribution in [3.8, 4) is 0 Å². The Bertz CT molecular complexity index is 927. The molecule has 0 amide bonds. The number of rotatable bonds is 2. The number of aliphatic imine (C=N–C) groups is 2. The summed E-state index contributed by atoms with van der Waals surface area (Å²) in [6.45, 7) is 2.05. The fourth-order valence-electron chi connectivity index (χ4n) is 2.84. The van der Waals surface area contributed by atoms with Gasteiger partial charge in [0.15, 0.2) is 5.82 Å². The molecular weight excluding hydrogens is 316 g/mol. The number of aromatic nitrogens is 1. The van der Waals surface area contributed by atoms with Gasteiger partial charge in [0.05, 0.1) is 5.71 Å². The lowest BCUT2D eigenvalue weighted by molar-refractivity contribution is 0.977. The average molecular weight is 332 g/mol. The highest BCUT2D eigenvalue weighted by atomic mass is 32.1. The van der Waals surface area contributed by atoms with Crippen LogP contribution >= 0.6 is 11.3 Å². The maximum absolute atomic E-state index is 6.28. The summed E-state index contributed by atoms with van der Waals surface area (Å²) in [7, 11) is 0. The quantitative estimate of drug-likeness (QED) is 0.770. The first-order chi connectivity index (χ1) is 11.7. The second-order valence-corrected chi connectivity index (χ2v) is 6.60. The van der Waals surface area contributed by atoms with E-state index in [2.05, 4.69) is 29.0 Å². The third kappa shape index (κ3) is 2.53. The van der Waals surface area contributed by atoms with E-state index in [0.717, 1.165) is 27.3 Å². The third-order valence-corrected chi connectivity index (χ3v) is 4.93. The molecule has 24 heavy (non-hydrogen) atoms. The topological polar surface area (TPSA) is 63.6 Å². The molecule has 1 unspecified atom stereocenters. The van der Waals surface area contributed by atoms with Gasteiger partial charge in [-0.05, 0) is 30.0 Å². The predicted octanol–water partition coefficient (Wildman–Crippen LogP) is 4.03. The van der Waals surface area contributed by atoms with Crippen molar-refractivity contribution in [2.24, 2.45) is 15.7 Å². The van der Waals surface area contributed by atoms with Crippen LogP contribution in [0.1, 0.15) is 27.6 Å². The Morgan fingerprint density at radius 3 is 2.62 bits per heavy atom. The van der Waals surface area contributed by atoms with Crippen molar-refractivity contribution in [3.05, 3.63) is 81.7 Å². The van der Waals surface area contributed by atoms with Crippen molar-refractivity contribution in [1.82, 2.24) is 4.98 Å². The van der Waals surface area contributed by atoms with Gasteiger partial charge >= 0.3 is 0 Å². The summed E-state index contributed by atoms with van der Waals surface area (Å²) in [5.41, 5.74) is 10.3. The van der Waals surface area contributed by atoms with E-state index < -0.39 is 0 Å². The Labute approximate surface area is 144 Å². The molecule has 1 aliphatic rings. The molecular formula is C19H16N4S. The molecule has 1 aromatic carbocycles. The third-order valence-electron chi connectivity index (χ3n) is 4.01. The van der Waals surface area contributed by atoms with E-state index >= 15 is 0 Å². The second kappa shape index (κ2) is 6.02. The van der Waals surface area contributed by atoms with Gasteiger partial charge in [-0.2, -0.15) is 0 Å². The van der Waals surface area contributed by atoms with Crippen LogP contribution in [0.5, 0.6) is 0 Å². The van der Waals surface area contributed by atoms with Gasteiger partial charge in [-0.15, -0.1) is 11.3 Å². The number of aryl methyl sites for hydroxylation is 1. The van der Waals surface area contributed by atoms with E-state index in [-0.39, 0.29) is 6.04 Å². The monoisotopic (exact) mass is 332 g/mol. The van der Waals surface area contributed by atoms with Crippen LogP contribution in [0.2, 0.25) is 0 Å². The zero-order valence-corrected chi connectivity index (χ0v) is 14.0. The van der Waals surface area contributed by atoms with Crippen LogP contribution in [0.4, 0.5) is 5.82 Å². The highest BCUT2D eigenvalue weighted by molar-refractivity contribution is 7.10. The van der Waals surface area contributed by atoms with Crippen molar-refractivity contribution in [2.75, 3.05) is 0 Å². The first-order valence-corrected chi connectivity index (χ1v) is 8.58. The van der Waals surface area contributed by atoms with Gasteiger partial charge in [0.25, 0.3) is 0 Å². The number of fused-ring (bicyclic) bond motifs is 1. The minimum atomic E-state index is -0.284. The fourth-order valence-corrected chi connectivity index (χ4v) is 3.61. The zero-order chi connectivity index (χ0) is 16.5. The van der Waals surface area contributed by atoms with Gasteiger partial charge in [-0.25, -0.2) is 9.98 Å². The van der Waals surface area contributed by atoms with Crippen molar-refractivity contribution in [1.29, 1.82) is 0 Å². The molecule has 4 nitrogen and oxygen atoms in total. The Morgan fingerprint density at radius 1 is 1.04 bits per heavy atom. The fraction of sp³-hybridized carbons (Fsp3) is 0.105. The summed E-state index contributed by atoms with van der Waals surface area (Å²) in [5, 5.41) is 2.03. The molecule has 0 bridgehead atoms. The second-order valence-electron chi connectivity index (χ2n) is 5.62. The molecule has 0 saturated heterocycles. The minimum Gasteiger partial charge on any atom is -0.385 e. The summed E-state index contributed by atoms with van der Waals surface area (Å²) in [5.74, 6) is 1.11. The number of benzene rings is 1. The molecule has 2 N–H and O–H groups in total. The van der Waals surface area contributed by atoms with Crippen molar-refractivity contribution in [2.45, 2.75) is 13.0 Å². The summed E-state index contributed by atoms with van der Waals surface area (Å²) in [6, 6.07) is 15.9. The summed E-state index contributed by atoms with van der Waals surface area (Å²) >= 11 is 1.63. The van der Waals surface area contributed by atoms with Crippen molar-refractivity contribution < 1.29 is 0 Å². The maximum atomic E-state index is 6.28. The summed E-state index contributed by atoms with van der Waals surface area (Å²) in [4.78, 5) is 15.1. The van der Waals surface area contributed by atoms with Gasteiger partial charge in [0.1, 0.15) is 11.9 Å². The van der Waals surface area contributed by atoms with E-state index in [1.54, 1.807) is 17.5 Å². The van der Waals surface area contributed by atoms with Gasteiger partial charge in [-0.1, -0.05) is 36.4 Å². The molecule has 118 valence electrons. The predicted molar refractivity (Wildman–Crippen MR) is 99.4 cm³/mol. The van der Waals surface area contributed by atoms with Crippen LogP contribution in [0.15, 0.2) is 70.1 Å². The first-order valence-electron chi connectivity index (χ1n) is 7.70. The van der Waals surface area contributed by atoms with Crippen molar-refractivity contribution >= 4 is 28.7 Å². The van der Waals surface area contributed by atoms with Gasteiger partial charge in [0, 0.05) is 22.2 Å². The molecule has 0 aliphatic carbocycles. The molecule has 0 spiro atoms. The van der Waals surface area contributed by atoms with Crippen LogP contribution in [0.25, 0.3) is 0 Å². The molecule has 3 aromatic rings. The van der Waals surface area contributed by atoms with Gasteiger partial charge in [0.2, 0.25) is 0 Å². The first kappa shape index (κ1) is 14.8. The van der Waals surface area contributed by atoms with E-state index in [9.17, 15) is 0 Å². The van der Waals surface area contributed by atoms with Crippen LogP contribution in [0.3, 0.4) is 0 Å². The van der Waals surface area contributed by atoms with Crippen LogP contribution in [0, 0.1) is 6.92 Å². The molecule has 4 rings (SSSR count). The number of hydrogen-bond acceptors (Lipinski definition) is 5. The Hall–Kier alpha value is -2.79. The lowest BCUT2D eigenvalue weighted by atomic mass is 9.99. The average Bonchev–Trinajstić information content (AvgIpc) is 3.07. The van der Waals surface area contributed by atoms with Gasteiger partial charge in [-0.3, -0.25) is 4.99 Å². The highest BCUT2D eigenvalue weighted by Gasteiger charge is 2.25. The van der Waals surface area contributed by atoms with Crippen LogP contribution in [-0.2, 0) is 0 Å². The molecule has 1 aliphatic heterocycles. The standard InChI is InChI=1S/C19H16N4S/c1-12-9-10-21-19-15(12)16(13-6-3-2-4-7-13)22-17(18(20)23-19)14-8-5-11-24-14/h2-11,17H,1H3,(H2,20,21,23). The lowest BCUT2D eigenvalue weighted by Gasteiger charge is -2.12. The molecule has 5 heteroatoms. The number of nitrogens with zero attached hydrogens (tertiary/aromatic N) is 3. The number of nitrogens with two attached hydrogens (primary N) is 1. The number of pyridine rings is 1. The number of amidine groups is 1. The molecule has 1 atom stereocenters. The summed E-state index contributed by atoms with van der Waals surface area (Å²) in [6.07, 6.45) is 1.76. The zero-order valence-electron chi connectivity index (χ0n) is 13.2. The van der Waals surface area contributed by atoms with E-state index in [1.165, 1.54) is 0 Å². The summed E-state index contributed by atoms with van der Waals surface area (Å²) < 4.78 is 0. The largest absolute Gasteiger partial charge is 0.385 e. The smallest absolute Gasteiger partial charge is 0.163 e. The molecule has 0 saturated carbocycles. The van der Waals surface area contributed by atoms with Crippen molar-refractivity contribution in [3.63, 3.8) is 0 Å². The maximum Gasteiger partial charge on any atom is 0.163 e. The minimum absolute atomic E-state index is 0.284. The number of thiophene rings is 1. The molecule has 3 heterocycles. The van der Waals surface area contributed by atoms with Gasteiger partial charge < -0.3 is 5.73 Å². The van der Waals surface area contributed by atoms with Crippen LogP contribution in [-0.4, -0.2) is 16.5 Å². The molecule has 0 radical (unpaired) electrons. The normalized spacial score (nSPS) is 16.8. The Kier molecular flexibility index (Phi) is 3.70. The van der Waals surface area contributed by atoms with E-state index in [0.29, 0.717) is 11.7 Å². The SMILES string of the molecule is Cc1ccnc2c1C(c1ccccc1)=NC(c1cccs1)C(N)=N2. The highest BCUT2D eigenvalue weighted by Crippen LogP contribution is 2.32. The Morgan fingerprint density at radius 2 is 1.88 bits per heavy atom. The van der Waals surface area contributed by atoms with Crippen LogP contribution < -0.4 is 5.73 Å². The van der Waals surface area contributed by atoms with E-state index in [4.69, 9.17) is 10.7 Å². The molecule has 0 fully saturated rings. The Balaban J connectivity index is 1.99.